The van der Waals surface area contributed by atoms with E-state index in [0.717, 1.165) is 18.6 Å². The molecule has 1 aliphatic rings. The van der Waals surface area contributed by atoms with Crippen LogP contribution in [-0.4, -0.2) is 6.61 Å². The highest BCUT2D eigenvalue weighted by Gasteiger charge is 2.23. The highest BCUT2D eigenvalue weighted by atomic mass is 16.5. The topological polar surface area (TPSA) is 35.2 Å². The Balaban J connectivity index is 2.52. The Labute approximate surface area is 85.1 Å². The van der Waals surface area contributed by atoms with E-state index in [4.69, 9.17) is 10.5 Å². The maximum absolute atomic E-state index is 5.99. The number of nitrogens with two attached hydrogens (primary N) is 1. The van der Waals surface area contributed by atoms with E-state index in [9.17, 15) is 0 Å². The van der Waals surface area contributed by atoms with Gasteiger partial charge in [-0.3, -0.25) is 0 Å². The van der Waals surface area contributed by atoms with Crippen molar-refractivity contribution in [2.45, 2.75) is 32.7 Å². The Kier molecular flexibility index (Phi) is 2.46. The molecule has 1 atom stereocenters. The summed E-state index contributed by atoms with van der Waals surface area (Å²) in [4.78, 5) is 0. The van der Waals surface area contributed by atoms with Crippen molar-refractivity contribution in [3.05, 3.63) is 28.8 Å². The quantitative estimate of drug-likeness (QED) is 0.777. The molecule has 0 aliphatic carbocycles. The third-order valence-corrected chi connectivity index (χ3v) is 2.87. The van der Waals surface area contributed by atoms with Crippen LogP contribution in [-0.2, 0) is 12.8 Å². The van der Waals surface area contributed by atoms with Crippen LogP contribution in [0.25, 0.3) is 0 Å². The predicted octanol–water partition coefficient (Wildman–Crippen LogP) is 2.20. The van der Waals surface area contributed by atoms with Crippen molar-refractivity contribution in [1.29, 1.82) is 0 Å². The van der Waals surface area contributed by atoms with Gasteiger partial charge in [0, 0.05) is 5.56 Å². The molecule has 2 heteroatoms. The van der Waals surface area contributed by atoms with Gasteiger partial charge in [-0.05, 0) is 30.0 Å². The molecule has 1 heterocycles. The SMILES string of the molecule is CCc1cc(CC)c2c(c1)OCC2N. The summed E-state index contributed by atoms with van der Waals surface area (Å²) >= 11 is 0. The van der Waals surface area contributed by atoms with Crippen molar-refractivity contribution < 1.29 is 4.74 Å². The van der Waals surface area contributed by atoms with Gasteiger partial charge in [0.2, 0.25) is 0 Å². The molecule has 0 saturated carbocycles. The van der Waals surface area contributed by atoms with Crippen LogP contribution in [0.5, 0.6) is 5.75 Å². The third kappa shape index (κ3) is 1.40. The smallest absolute Gasteiger partial charge is 0.124 e. The number of hydrogen-bond acceptors (Lipinski definition) is 2. The Bertz CT molecular complexity index is 346. The molecule has 0 spiro atoms. The molecule has 2 N–H and O–H groups in total. The average Bonchev–Trinajstić information content (AvgIpc) is 2.59. The summed E-state index contributed by atoms with van der Waals surface area (Å²) in [5.41, 5.74) is 9.91. The molecule has 0 bridgehead atoms. The number of aryl methyl sites for hydroxylation is 2. The lowest BCUT2D eigenvalue weighted by Gasteiger charge is -2.09. The standard InChI is InChI=1S/C12H17NO/c1-3-8-5-9(4-2)12-10(13)7-14-11(12)6-8/h5-6,10H,3-4,7,13H2,1-2H3. The van der Waals surface area contributed by atoms with Crippen LogP contribution in [0.4, 0.5) is 0 Å². The minimum atomic E-state index is 0.0749. The van der Waals surface area contributed by atoms with E-state index < -0.39 is 0 Å². The highest BCUT2D eigenvalue weighted by molar-refractivity contribution is 5.48. The van der Waals surface area contributed by atoms with Gasteiger partial charge >= 0.3 is 0 Å². The number of hydrogen-bond donors (Lipinski definition) is 1. The molecule has 76 valence electrons. The molecule has 2 rings (SSSR count). The Morgan fingerprint density at radius 3 is 2.79 bits per heavy atom. The lowest BCUT2D eigenvalue weighted by atomic mass is 9.96. The second-order valence-corrected chi connectivity index (χ2v) is 3.79. The lowest BCUT2D eigenvalue weighted by Crippen LogP contribution is -2.12. The van der Waals surface area contributed by atoms with Crippen LogP contribution in [0.3, 0.4) is 0 Å². The largest absolute Gasteiger partial charge is 0.491 e. The van der Waals surface area contributed by atoms with Crippen molar-refractivity contribution in [2.75, 3.05) is 6.61 Å². The van der Waals surface area contributed by atoms with Gasteiger partial charge in [0.05, 0.1) is 6.04 Å². The molecular formula is C12H17NO. The number of ether oxygens (including phenoxy) is 1. The van der Waals surface area contributed by atoms with Crippen molar-refractivity contribution in [2.24, 2.45) is 5.73 Å². The fraction of sp³-hybridized carbons (Fsp3) is 0.500. The Hall–Kier alpha value is -1.02. The zero-order valence-corrected chi connectivity index (χ0v) is 8.84. The lowest BCUT2D eigenvalue weighted by molar-refractivity contribution is 0.333. The molecule has 1 aromatic carbocycles. The molecule has 0 saturated heterocycles. The second kappa shape index (κ2) is 3.62. The van der Waals surface area contributed by atoms with E-state index in [1.165, 1.54) is 16.7 Å². The molecule has 0 fully saturated rings. The minimum absolute atomic E-state index is 0.0749. The van der Waals surface area contributed by atoms with Crippen molar-refractivity contribution in [3.8, 4) is 5.75 Å². The van der Waals surface area contributed by atoms with E-state index in [-0.39, 0.29) is 6.04 Å². The predicted molar refractivity (Wildman–Crippen MR) is 57.6 cm³/mol. The summed E-state index contributed by atoms with van der Waals surface area (Å²) in [5, 5.41) is 0. The highest BCUT2D eigenvalue weighted by Crippen LogP contribution is 2.35. The zero-order valence-electron chi connectivity index (χ0n) is 8.84. The fourth-order valence-electron chi connectivity index (χ4n) is 2.05. The van der Waals surface area contributed by atoms with Crippen LogP contribution < -0.4 is 10.5 Å². The van der Waals surface area contributed by atoms with Crippen LogP contribution in [0.2, 0.25) is 0 Å². The van der Waals surface area contributed by atoms with Crippen LogP contribution in [0.1, 0.15) is 36.6 Å². The van der Waals surface area contributed by atoms with E-state index in [0.29, 0.717) is 6.61 Å². The second-order valence-electron chi connectivity index (χ2n) is 3.79. The molecule has 0 aromatic heterocycles. The summed E-state index contributed by atoms with van der Waals surface area (Å²) < 4.78 is 5.57. The van der Waals surface area contributed by atoms with Gasteiger partial charge in [-0.25, -0.2) is 0 Å². The third-order valence-electron chi connectivity index (χ3n) is 2.87. The maximum atomic E-state index is 5.99. The van der Waals surface area contributed by atoms with E-state index in [2.05, 4.69) is 26.0 Å². The summed E-state index contributed by atoms with van der Waals surface area (Å²) in [7, 11) is 0. The minimum Gasteiger partial charge on any atom is -0.491 e. The van der Waals surface area contributed by atoms with Crippen LogP contribution in [0.15, 0.2) is 12.1 Å². The summed E-state index contributed by atoms with van der Waals surface area (Å²) in [5.74, 6) is 1.01. The van der Waals surface area contributed by atoms with Gasteiger partial charge in [0.15, 0.2) is 0 Å². The molecule has 1 aromatic rings. The fourth-order valence-corrected chi connectivity index (χ4v) is 2.05. The van der Waals surface area contributed by atoms with E-state index >= 15 is 0 Å². The molecule has 1 aliphatic heterocycles. The zero-order chi connectivity index (χ0) is 10.1. The van der Waals surface area contributed by atoms with Gasteiger partial charge in [-0.2, -0.15) is 0 Å². The van der Waals surface area contributed by atoms with Crippen molar-refractivity contribution >= 4 is 0 Å². The molecule has 1 unspecified atom stereocenters. The van der Waals surface area contributed by atoms with Gasteiger partial charge < -0.3 is 10.5 Å². The number of benzene rings is 1. The summed E-state index contributed by atoms with van der Waals surface area (Å²) in [6.45, 7) is 4.96. The van der Waals surface area contributed by atoms with Crippen molar-refractivity contribution in [1.82, 2.24) is 0 Å². The summed E-state index contributed by atoms with van der Waals surface area (Å²) in [6, 6.07) is 4.46. The van der Waals surface area contributed by atoms with Crippen molar-refractivity contribution in [3.63, 3.8) is 0 Å². The van der Waals surface area contributed by atoms with E-state index in [1.807, 2.05) is 0 Å². The Morgan fingerprint density at radius 1 is 1.36 bits per heavy atom. The number of rotatable bonds is 2. The first-order valence-electron chi connectivity index (χ1n) is 5.30. The monoisotopic (exact) mass is 191 g/mol. The normalized spacial score (nSPS) is 19.2. The van der Waals surface area contributed by atoms with Gasteiger partial charge in [0.1, 0.15) is 12.4 Å². The Morgan fingerprint density at radius 2 is 2.14 bits per heavy atom. The van der Waals surface area contributed by atoms with E-state index in [1.54, 1.807) is 0 Å². The molecule has 14 heavy (non-hydrogen) atoms. The van der Waals surface area contributed by atoms with Gasteiger partial charge in [0.25, 0.3) is 0 Å². The van der Waals surface area contributed by atoms with Gasteiger partial charge in [-0.1, -0.05) is 19.9 Å². The van der Waals surface area contributed by atoms with Gasteiger partial charge in [-0.15, -0.1) is 0 Å². The first-order valence-corrected chi connectivity index (χ1v) is 5.30. The maximum Gasteiger partial charge on any atom is 0.124 e. The van der Waals surface area contributed by atoms with Crippen LogP contribution in [0, 0.1) is 0 Å². The first-order chi connectivity index (χ1) is 6.76. The summed E-state index contributed by atoms with van der Waals surface area (Å²) in [6.07, 6.45) is 2.09. The average molecular weight is 191 g/mol. The molecular weight excluding hydrogens is 174 g/mol. The molecule has 0 radical (unpaired) electrons. The molecule has 2 nitrogen and oxygen atoms in total. The van der Waals surface area contributed by atoms with Crippen LogP contribution >= 0.6 is 0 Å². The molecule has 0 amide bonds. The number of fused-ring (bicyclic) bond motifs is 1. The first kappa shape index (κ1) is 9.53.